The molecule has 0 bridgehead atoms. The molecular weight excluding hydrogens is 359 g/mol. The third kappa shape index (κ3) is 4.94. The summed E-state index contributed by atoms with van der Waals surface area (Å²) in [6, 6.07) is 13.3. The summed E-state index contributed by atoms with van der Waals surface area (Å²) in [5.41, 5.74) is 7.31. The van der Waals surface area contributed by atoms with E-state index in [1.54, 1.807) is 12.1 Å². The molecule has 0 radical (unpaired) electrons. The summed E-state index contributed by atoms with van der Waals surface area (Å²) in [5, 5.41) is 2.75. The lowest BCUT2D eigenvalue weighted by Gasteiger charge is -2.34. The van der Waals surface area contributed by atoms with E-state index in [1.807, 2.05) is 29.2 Å². The second kappa shape index (κ2) is 9.43. The molecule has 6 nitrogen and oxygen atoms in total. The summed E-state index contributed by atoms with van der Waals surface area (Å²) in [5.74, 6) is -0.907. The molecular formula is C21H25FN4O2. The molecule has 0 aromatic heterocycles. The van der Waals surface area contributed by atoms with E-state index in [-0.39, 0.29) is 11.5 Å². The van der Waals surface area contributed by atoms with Gasteiger partial charge in [0.15, 0.2) is 0 Å². The molecule has 148 valence electrons. The Bertz CT molecular complexity index is 817. The van der Waals surface area contributed by atoms with Crippen molar-refractivity contribution in [2.75, 3.05) is 39.3 Å². The Balaban J connectivity index is 1.42. The standard InChI is InChI=1S/C21H25FN4O2/c22-19-4-2-1-3-18(19)20(27)24-9-10-25-11-13-26(14-12-25)21(28)17-7-5-16(15-23)6-8-17/h1-8H,9-15,23H2,(H,24,27). The van der Waals surface area contributed by atoms with Gasteiger partial charge in [-0.1, -0.05) is 24.3 Å². The van der Waals surface area contributed by atoms with Crippen molar-refractivity contribution in [2.24, 2.45) is 5.73 Å². The van der Waals surface area contributed by atoms with E-state index >= 15 is 0 Å². The van der Waals surface area contributed by atoms with Gasteiger partial charge in [0.1, 0.15) is 5.82 Å². The number of carbonyl (C=O) groups excluding carboxylic acids is 2. The molecule has 1 aliphatic heterocycles. The predicted octanol–water partition coefficient (Wildman–Crippen LogP) is 1.47. The van der Waals surface area contributed by atoms with Crippen LogP contribution in [0.5, 0.6) is 0 Å². The fourth-order valence-corrected chi connectivity index (χ4v) is 3.21. The number of hydrogen-bond donors (Lipinski definition) is 2. The van der Waals surface area contributed by atoms with E-state index < -0.39 is 11.7 Å². The van der Waals surface area contributed by atoms with E-state index in [2.05, 4.69) is 10.2 Å². The van der Waals surface area contributed by atoms with Gasteiger partial charge in [-0.05, 0) is 29.8 Å². The Morgan fingerprint density at radius 3 is 2.32 bits per heavy atom. The number of rotatable bonds is 6. The summed E-state index contributed by atoms with van der Waals surface area (Å²) >= 11 is 0. The lowest BCUT2D eigenvalue weighted by molar-refractivity contribution is 0.0638. The molecule has 2 aromatic carbocycles. The minimum absolute atomic E-state index is 0.0241. The van der Waals surface area contributed by atoms with Crippen LogP contribution in [0.3, 0.4) is 0 Å². The van der Waals surface area contributed by atoms with E-state index in [1.165, 1.54) is 12.1 Å². The van der Waals surface area contributed by atoms with Gasteiger partial charge in [0.25, 0.3) is 11.8 Å². The SMILES string of the molecule is NCc1ccc(C(=O)N2CCN(CCNC(=O)c3ccccc3F)CC2)cc1. The fraction of sp³-hybridized carbons (Fsp3) is 0.333. The normalized spacial score (nSPS) is 14.7. The first-order valence-electron chi connectivity index (χ1n) is 9.42. The van der Waals surface area contributed by atoms with Crippen molar-refractivity contribution in [3.8, 4) is 0 Å². The highest BCUT2D eigenvalue weighted by Gasteiger charge is 2.22. The quantitative estimate of drug-likeness (QED) is 0.791. The molecule has 0 atom stereocenters. The first-order valence-corrected chi connectivity index (χ1v) is 9.42. The fourth-order valence-electron chi connectivity index (χ4n) is 3.21. The lowest BCUT2D eigenvalue weighted by Crippen LogP contribution is -2.50. The van der Waals surface area contributed by atoms with Crippen LogP contribution in [0, 0.1) is 5.82 Å². The van der Waals surface area contributed by atoms with Crippen LogP contribution in [0.1, 0.15) is 26.3 Å². The van der Waals surface area contributed by atoms with Gasteiger partial charge in [-0.3, -0.25) is 14.5 Å². The predicted molar refractivity (Wildman–Crippen MR) is 105 cm³/mol. The van der Waals surface area contributed by atoms with Crippen molar-refractivity contribution in [1.82, 2.24) is 15.1 Å². The van der Waals surface area contributed by atoms with Gasteiger partial charge < -0.3 is 16.0 Å². The first kappa shape index (κ1) is 20.0. The summed E-state index contributed by atoms with van der Waals surface area (Å²) in [4.78, 5) is 28.6. The van der Waals surface area contributed by atoms with Crippen LogP contribution in [-0.4, -0.2) is 60.9 Å². The molecule has 3 N–H and O–H groups in total. The molecule has 1 aliphatic rings. The van der Waals surface area contributed by atoms with Crippen LogP contribution >= 0.6 is 0 Å². The molecule has 7 heteroatoms. The third-order valence-electron chi connectivity index (χ3n) is 4.93. The molecule has 0 aliphatic carbocycles. The Labute approximate surface area is 164 Å². The zero-order valence-electron chi connectivity index (χ0n) is 15.7. The molecule has 0 unspecified atom stereocenters. The highest BCUT2D eigenvalue weighted by Crippen LogP contribution is 2.10. The number of nitrogens with zero attached hydrogens (tertiary/aromatic N) is 2. The van der Waals surface area contributed by atoms with Gasteiger partial charge in [-0.2, -0.15) is 0 Å². The minimum Gasteiger partial charge on any atom is -0.351 e. The van der Waals surface area contributed by atoms with Crippen LogP contribution in [0.4, 0.5) is 4.39 Å². The Morgan fingerprint density at radius 1 is 1.00 bits per heavy atom. The van der Waals surface area contributed by atoms with Crippen LogP contribution in [0.15, 0.2) is 48.5 Å². The van der Waals surface area contributed by atoms with E-state index in [4.69, 9.17) is 5.73 Å². The highest BCUT2D eigenvalue weighted by atomic mass is 19.1. The smallest absolute Gasteiger partial charge is 0.254 e. The largest absolute Gasteiger partial charge is 0.351 e. The number of amides is 2. The van der Waals surface area contributed by atoms with Crippen molar-refractivity contribution >= 4 is 11.8 Å². The van der Waals surface area contributed by atoms with E-state index in [9.17, 15) is 14.0 Å². The molecule has 2 amide bonds. The number of nitrogens with one attached hydrogen (secondary N) is 1. The number of piperazine rings is 1. The summed E-state index contributed by atoms with van der Waals surface area (Å²) in [7, 11) is 0. The van der Waals surface area contributed by atoms with Crippen molar-refractivity contribution in [3.63, 3.8) is 0 Å². The van der Waals surface area contributed by atoms with Crippen LogP contribution in [0.25, 0.3) is 0 Å². The molecule has 3 rings (SSSR count). The second-order valence-corrected chi connectivity index (χ2v) is 6.77. The number of halogens is 1. The topological polar surface area (TPSA) is 78.7 Å². The number of benzene rings is 2. The van der Waals surface area contributed by atoms with Gasteiger partial charge in [-0.15, -0.1) is 0 Å². The maximum absolute atomic E-state index is 13.6. The van der Waals surface area contributed by atoms with Crippen molar-refractivity contribution in [3.05, 3.63) is 71.0 Å². The van der Waals surface area contributed by atoms with E-state index in [0.717, 1.165) is 18.7 Å². The van der Waals surface area contributed by atoms with Crippen LogP contribution in [0.2, 0.25) is 0 Å². The maximum atomic E-state index is 13.6. The third-order valence-corrected chi connectivity index (χ3v) is 4.93. The molecule has 1 saturated heterocycles. The first-order chi connectivity index (χ1) is 13.6. The molecule has 2 aromatic rings. The zero-order chi connectivity index (χ0) is 19.9. The number of hydrogen-bond acceptors (Lipinski definition) is 4. The van der Waals surface area contributed by atoms with Gasteiger partial charge in [-0.25, -0.2) is 4.39 Å². The average Bonchev–Trinajstić information content (AvgIpc) is 2.74. The molecule has 1 fully saturated rings. The summed E-state index contributed by atoms with van der Waals surface area (Å²) in [6.45, 7) is 4.30. The number of nitrogens with two attached hydrogens (primary N) is 1. The Kier molecular flexibility index (Phi) is 6.73. The highest BCUT2D eigenvalue weighted by molar-refractivity contribution is 5.94. The lowest BCUT2D eigenvalue weighted by atomic mass is 10.1. The van der Waals surface area contributed by atoms with E-state index in [0.29, 0.717) is 38.3 Å². The maximum Gasteiger partial charge on any atom is 0.254 e. The molecule has 28 heavy (non-hydrogen) atoms. The molecule has 0 spiro atoms. The molecule has 1 heterocycles. The van der Waals surface area contributed by atoms with Crippen LogP contribution in [-0.2, 0) is 6.54 Å². The van der Waals surface area contributed by atoms with Gasteiger partial charge in [0.05, 0.1) is 5.56 Å². The van der Waals surface area contributed by atoms with Crippen molar-refractivity contribution in [1.29, 1.82) is 0 Å². The average molecular weight is 384 g/mol. The monoisotopic (exact) mass is 384 g/mol. The zero-order valence-corrected chi connectivity index (χ0v) is 15.7. The summed E-state index contributed by atoms with van der Waals surface area (Å²) < 4.78 is 13.6. The summed E-state index contributed by atoms with van der Waals surface area (Å²) in [6.07, 6.45) is 0. The van der Waals surface area contributed by atoms with Gasteiger partial charge >= 0.3 is 0 Å². The van der Waals surface area contributed by atoms with Crippen LogP contribution < -0.4 is 11.1 Å². The van der Waals surface area contributed by atoms with Gasteiger partial charge in [0.2, 0.25) is 0 Å². The van der Waals surface area contributed by atoms with Crippen molar-refractivity contribution in [2.45, 2.75) is 6.54 Å². The Morgan fingerprint density at radius 2 is 1.68 bits per heavy atom. The molecule has 0 saturated carbocycles. The van der Waals surface area contributed by atoms with Crippen molar-refractivity contribution < 1.29 is 14.0 Å². The minimum atomic E-state index is -0.522. The van der Waals surface area contributed by atoms with Gasteiger partial charge in [0, 0.05) is 51.4 Å². The Hall–Kier alpha value is -2.77. The number of carbonyl (C=O) groups is 2. The second-order valence-electron chi connectivity index (χ2n) is 6.77.